The molecule has 21 heavy (non-hydrogen) atoms. The number of rotatable bonds is 6. The van der Waals surface area contributed by atoms with Crippen LogP contribution in [0, 0.1) is 0 Å². The molecule has 1 atom stereocenters. The first kappa shape index (κ1) is 17.8. The Hall–Kier alpha value is -1.27. The summed E-state index contributed by atoms with van der Waals surface area (Å²) in [4.78, 5) is 26.0. The van der Waals surface area contributed by atoms with Gasteiger partial charge in [-0.25, -0.2) is 0 Å². The van der Waals surface area contributed by atoms with Crippen LogP contribution in [0.5, 0.6) is 0 Å². The van der Waals surface area contributed by atoms with Crippen molar-refractivity contribution < 1.29 is 22.8 Å². The van der Waals surface area contributed by atoms with Crippen LogP contribution in [-0.2, 0) is 9.59 Å². The van der Waals surface area contributed by atoms with Crippen LogP contribution in [0.2, 0.25) is 0 Å². The molecular weight excluding hydrogens is 285 g/mol. The summed E-state index contributed by atoms with van der Waals surface area (Å²) >= 11 is 0. The lowest BCUT2D eigenvalue weighted by Gasteiger charge is -2.47. The van der Waals surface area contributed by atoms with Crippen LogP contribution in [0.15, 0.2) is 0 Å². The highest BCUT2D eigenvalue weighted by Gasteiger charge is 2.50. The molecule has 0 aliphatic carbocycles. The van der Waals surface area contributed by atoms with Crippen LogP contribution in [0.4, 0.5) is 13.2 Å². The van der Waals surface area contributed by atoms with Gasteiger partial charge in [-0.15, -0.1) is 0 Å². The van der Waals surface area contributed by atoms with E-state index in [1.807, 2.05) is 6.92 Å². The molecule has 1 fully saturated rings. The third kappa shape index (κ3) is 3.68. The van der Waals surface area contributed by atoms with E-state index in [-0.39, 0.29) is 5.91 Å². The first-order valence-corrected chi connectivity index (χ1v) is 7.41. The molecule has 0 aromatic carbocycles. The van der Waals surface area contributed by atoms with E-state index in [1.165, 1.54) is 0 Å². The topological polar surface area (TPSA) is 49.4 Å². The third-order valence-corrected chi connectivity index (χ3v) is 4.17. The Morgan fingerprint density at radius 1 is 1.19 bits per heavy atom. The number of carbonyl (C=O) groups is 2. The maximum absolute atomic E-state index is 12.5. The standard InChI is InChI=1S/C14H23F3N2O2/c1-4-7-10-11(20)19(9-8-14(15,16)17)13(5-2,6-3)12(21)18-10/h10H,4-9H2,1-3H3,(H,18,21). The van der Waals surface area contributed by atoms with Crippen LogP contribution in [0.1, 0.15) is 52.9 Å². The first-order chi connectivity index (χ1) is 9.71. The highest BCUT2D eigenvalue weighted by Crippen LogP contribution is 2.31. The minimum Gasteiger partial charge on any atom is -0.342 e. The molecule has 0 spiro atoms. The maximum atomic E-state index is 12.5. The van der Waals surface area contributed by atoms with Gasteiger partial charge in [-0.1, -0.05) is 27.2 Å². The minimum absolute atomic E-state index is 0.303. The van der Waals surface area contributed by atoms with Gasteiger partial charge >= 0.3 is 6.18 Å². The van der Waals surface area contributed by atoms with Crippen LogP contribution in [0.25, 0.3) is 0 Å². The van der Waals surface area contributed by atoms with Gasteiger partial charge in [0.25, 0.3) is 0 Å². The Kier molecular flexibility index (Phi) is 5.64. The van der Waals surface area contributed by atoms with Crippen molar-refractivity contribution in [3.63, 3.8) is 0 Å². The molecule has 7 heteroatoms. The van der Waals surface area contributed by atoms with Crippen LogP contribution >= 0.6 is 0 Å². The monoisotopic (exact) mass is 308 g/mol. The van der Waals surface area contributed by atoms with Gasteiger partial charge in [-0.2, -0.15) is 13.2 Å². The molecule has 2 amide bonds. The number of piperazine rings is 1. The molecule has 0 aromatic heterocycles. The van der Waals surface area contributed by atoms with Crippen LogP contribution in [0.3, 0.4) is 0 Å². The molecule has 1 unspecified atom stereocenters. The molecule has 0 bridgehead atoms. The molecule has 1 aliphatic heterocycles. The van der Waals surface area contributed by atoms with Gasteiger partial charge in [0.2, 0.25) is 11.8 Å². The van der Waals surface area contributed by atoms with E-state index in [1.54, 1.807) is 13.8 Å². The molecule has 1 heterocycles. The Bertz CT molecular complexity index is 392. The van der Waals surface area contributed by atoms with Crippen LogP contribution < -0.4 is 5.32 Å². The summed E-state index contributed by atoms with van der Waals surface area (Å²) in [5, 5.41) is 2.68. The lowest BCUT2D eigenvalue weighted by Crippen LogP contribution is -2.70. The summed E-state index contributed by atoms with van der Waals surface area (Å²) < 4.78 is 37.5. The molecular formula is C14H23F3N2O2. The number of halogens is 3. The van der Waals surface area contributed by atoms with E-state index in [0.29, 0.717) is 25.7 Å². The Morgan fingerprint density at radius 2 is 1.76 bits per heavy atom. The average molecular weight is 308 g/mol. The summed E-state index contributed by atoms with van der Waals surface area (Å²) in [5.74, 6) is -0.739. The molecule has 1 aliphatic rings. The summed E-state index contributed by atoms with van der Waals surface area (Å²) in [6, 6.07) is -0.707. The van der Waals surface area contributed by atoms with Gasteiger partial charge in [0.1, 0.15) is 11.6 Å². The number of hydrogen-bond acceptors (Lipinski definition) is 2. The molecule has 0 radical (unpaired) electrons. The first-order valence-electron chi connectivity index (χ1n) is 7.41. The smallest absolute Gasteiger partial charge is 0.342 e. The molecule has 122 valence electrons. The SMILES string of the molecule is CCCC1NC(=O)C(CC)(CC)N(CCC(F)(F)F)C1=O. The van der Waals surface area contributed by atoms with Gasteiger partial charge in [0.05, 0.1) is 6.42 Å². The fraction of sp³-hybridized carbons (Fsp3) is 0.857. The van der Waals surface area contributed by atoms with E-state index >= 15 is 0 Å². The van der Waals surface area contributed by atoms with Crippen LogP contribution in [-0.4, -0.2) is 41.0 Å². The lowest BCUT2D eigenvalue weighted by molar-refractivity contribution is -0.166. The van der Waals surface area contributed by atoms with E-state index in [0.717, 1.165) is 4.90 Å². The predicted octanol–water partition coefficient (Wildman–Crippen LogP) is 2.62. The summed E-state index contributed by atoms with van der Waals surface area (Å²) in [7, 11) is 0. The van der Waals surface area contributed by atoms with E-state index in [2.05, 4.69) is 5.32 Å². The number of alkyl halides is 3. The second-order valence-electron chi connectivity index (χ2n) is 5.41. The largest absolute Gasteiger partial charge is 0.390 e. The van der Waals surface area contributed by atoms with Crippen molar-refractivity contribution in [1.82, 2.24) is 10.2 Å². The van der Waals surface area contributed by atoms with Crippen molar-refractivity contribution in [3.05, 3.63) is 0 Å². The van der Waals surface area contributed by atoms with Gasteiger partial charge in [-0.3, -0.25) is 9.59 Å². The van der Waals surface area contributed by atoms with E-state index < -0.39 is 36.6 Å². The number of hydrogen-bond donors (Lipinski definition) is 1. The fourth-order valence-corrected chi connectivity index (χ4v) is 2.88. The summed E-state index contributed by atoms with van der Waals surface area (Å²) in [5.41, 5.74) is -1.16. The van der Waals surface area contributed by atoms with Crippen molar-refractivity contribution in [1.29, 1.82) is 0 Å². The zero-order chi connectivity index (χ0) is 16.3. The molecule has 4 nitrogen and oxygen atoms in total. The number of nitrogens with zero attached hydrogens (tertiary/aromatic N) is 1. The fourth-order valence-electron chi connectivity index (χ4n) is 2.88. The van der Waals surface area contributed by atoms with Gasteiger partial charge in [0.15, 0.2) is 0 Å². The summed E-state index contributed by atoms with van der Waals surface area (Å²) in [6.45, 7) is 4.84. The minimum atomic E-state index is -4.35. The van der Waals surface area contributed by atoms with Crippen molar-refractivity contribution in [2.24, 2.45) is 0 Å². The van der Waals surface area contributed by atoms with Crippen molar-refractivity contribution in [3.8, 4) is 0 Å². The number of nitrogens with one attached hydrogen (secondary N) is 1. The highest BCUT2D eigenvalue weighted by atomic mass is 19.4. The lowest BCUT2D eigenvalue weighted by atomic mass is 9.85. The van der Waals surface area contributed by atoms with Crippen molar-refractivity contribution >= 4 is 11.8 Å². The third-order valence-electron chi connectivity index (χ3n) is 4.17. The Balaban J connectivity index is 3.06. The number of amides is 2. The second kappa shape index (κ2) is 6.66. The van der Waals surface area contributed by atoms with Gasteiger partial charge in [0, 0.05) is 6.54 Å². The molecule has 0 aromatic rings. The Labute approximate surface area is 123 Å². The van der Waals surface area contributed by atoms with Crippen molar-refractivity contribution in [2.75, 3.05) is 6.54 Å². The zero-order valence-corrected chi connectivity index (χ0v) is 12.7. The zero-order valence-electron chi connectivity index (χ0n) is 12.7. The molecule has 1 rings (SSSR count). The number of carbonyl (C=O) groups excluding carboxylic acids is 2. The molecule has 1 N–H and O–H groups in total. The second-order valence-corrected chi connectivity index (χ2v) is 5.41. The van der Waals surface area contributed by atoms with E-state index in [4.69, 9.17) is 0 Å². The van der Waals surface area contributed by atoms with Gasteiger partial charge < -0.3 is 10.2 Å². The average Bonchev–Trinajstić information content (AvgIpc) is 2.40. The predicted molar refractivity (Wildman–Crippen MR) is 72.5 cm³/mol. The molecule has 0 saturated carbocycles. The maximum Gasteiger partial charge on any atom is 0.390 e. The Morgan fingerprint density at radius 3 is 2.19 bits per heavy atom. The quantitative estimate of drug-likeness (QED) is 0.820. The highest BCUT2D eigenvalue weighted by molar-refractivity contribution is 5.99. The molecule has 1 saturated heterocycles. The normalized spacial score (nSPS) is 22.4. The summed E-state index contributed by atoms with van der Waals surface area (Å²) in [6.07, 6.45) is -3.71. The van der Waals surface area contributed by atoms with Crippen molar-refractivity contribution in [2.45, 2.75) is 70.6 Å². The van der Waals surface area contributed by atoms with E-state index in [9.17, 15) is 22.8 Å². The van der Waals surface area contributed by atoms with Gasteiger partial charge in [-0.05, 0) is 19.3 Å².